The number of aliphatic carboxylic acids is 1. The van der Waals surface area contributed by atoms with Crippen LogP contribution in [0.25, 0.3) is 0 Å². The lowest BCUT2D eigenvalue weighted by Crippen LogP contribution is -2.52. The van der Waals surface area contributed by atoms with Crippen molar-refractivity contribution in [3.8, 4) is 0 Å². The van der Waals surface area contributed by atoms with Crippen molar-refractivity contribution >= 4 is 5.97 Å². The van der Waals surface area contributed by atoms with Crippen LogP contribution in [0.5, 0.6) is 0 Å². The zero-order valence-corrected chi connectivity index (χ0v) is 9.96. The van der Waals surface area contributed by atoms with Gasteiger partial charge in [-0.1, -0.05) is 0 Å². The fourth-order valence-electron chi connectivity index (χ4n) is 1.57. The molecule has 4 heteroatoms. The maximum atomic E-state index is 10.9. The molecule has 0 saturated carbocycles. The van der Waals surface area contributed by atoms with E-state index >= 15 is 0 Å². The Labute approximate surface area is 91.0 Å². The molecule has 0 amide bonds. The van der Waals surface area contributed by atoms with E-state index in [4.69, 9.17) is 9.84 Å². The summed E-state index contributed by atoms with van der Waals surface area (Å²) in [5.41, 5.74) is -0.821. The molecule has 4 nitrogen and oxygen atoms in total. The third-order valence-corrected chi connectivity index (χ3v) is 3.40. The van der Waals surface area contributed by atoms with E-state index < -0.39 is 11.4 Å². The smallest absolute Gasteiger partial charge is 0.310 e. The molecule has 1 saturated heterocycles. The van der Waals surface area contributed by atoms with Gasteiger partial charge in [0.05, 0.1) is 11.5 Å². The summed E-state index contributed by atoms with van der Waals surface area (Å²) in [6.45, 7) is 8.78. The van der Waals surface area contributed by atoms with Gasteiger partial charge in [-0.2, -0.15) is 0 Å². The van der Waals surface area contributed by atoms with Crippen molar-refractivity contribution < 1.29 is 14.6 Å². The Morgan fingerprint density at radius 2 is 2.27 bits per heavy atom. The van der Waals surface area contributed by atoms with Crippen molar-refractivity contribution in [3.05, 3.63) is 0 Å². The molecule has 0 aromatic heterocycles. The van der Waals surface area contributed by atoms with Gasteiger partial charge in [-0.15, -0.1) is 0 Å². The first kappa shape index (κ1) is 12.5. The van der Waals surface area contributed by atoms with Crippen molar-refractivity contribution in [1.82, 2.24) is 5.32 Å². The van der Waals surface area contributed by atoms with Crippen LogP contribution in [0.15, 0.2) is 0 Å². The molecule has 0 aromatic carbocycles. The van der Waals surface area contributed by atoms with Gasteiger partial charge in [0.1, 0.15) is 0 Å². The second-order valence-electron chi connectivity index (χ2n) is 5.22. The number of rotatable bonds is 4. The summed E-state index contributed by atoms with van der Waals surface area (Å²) in [7, 11) is 0. The maximum Gasteiger partial charge on any atom is 0.310 e. The quantitative estimate of drug-likeness (QED) is 0.741. The van der Waals surface area contributed by atoms with Gasteiger partial charge in [0, 0.05) is 18.7 Å². The zero-order valence-electron chi connectivity index (χ0n) is 9.96. The minimum Gasteiger partial charge on any atom is -0.481 e. The number of ether oxygens (including phenoxy) is 1. The highest BCUT2D eigenvalue weighted by Crippen LogP contribution is 2.26. The third kappa shape index (κ3) is 2.69. The van der Waals surface area contributed by atoms with Crippen LogP contribution in [0.1, 0.15) is 34.1 Å². The Morgan fingerprint density at radius 1 is 1.67 bits per heavy atom. The molecule has 0 aromatic rings. The molecule has 2 unspecified atom stereocenters. The summed E-state index contributed by atoms with van der Waals surface area (Å²) < 4.78 is 5.48. The highest BCUT2D eigenvalue weighted by molar-refractivity contribution is 5.73. The first-order valence-electron chi connectivity index (χ1n) is 5.38. The van der Waals surface area contributed by atoms with Gasteiger partial charge >= 0.3 is 5.97 Å². The van der Waals surface area contributed by atoms with Gasteiger partial charge < -0.3 is 15.2 Å². The molecular weight excluding hydrogens is 194 g/mol. The number of nitrogens with one attached hydrogen (secondary N) is 1. The molecule has 1 heterocycles. The molecule has 0 radical (unpaired) electrons. The molecule has 88 valence electrons. The first-order chi connectivity index (χ1) is 6.78. The van der Waals surface area contributed by atoms with E-state index in [1.807, 2.05) is 6.92 Å². The standard InChI is InChI=1S/C11H21NO3/c1-8-11(4,5-6-15-8)12-7-10(2,3)9(13)14/h8,12H,5-7H2,1-4H3,(H,13,14). The number of hydrogen-bond acceptors (Lipinski definition) is 3. The molecule has 1 fully saturated rings. The Morgan fingerprint density at radius 3 is 2.67 bits per heavy atom. The van der Waals surface area contributed by atoms with Crippen molar-refractivity contribution in [2.24, 2.45) is 5.41 Å². The Hall–Kier alpha value is -0.610. The van der Waals surface area contributed by atoms with E-state index in [1.54, 1.807) is 13.8 Å². The Kier molecular flexibility index (Phi) is 3.41. The number of carbonyl (C=O) groups is 1. The van der Waals surface area contributed by atoms with E-state index in [-0.39, 0.29) is 11.6 Å². The molecule has 2 atom stereocenters. The molecule has 0 spiro atoms. The van der Waals surface area contributed by atoms with Gasteiger partial charge in [-0.3, -0.25) is 4.79 Å². The van der Waals surface area contributed by atoms with Crippen molar-refractivity contribution in [2.75, 3.05) is 13.2 Å². The molecule has 1 aliphatic rings. The molecule has 2 N–H and O–H groups in total. The van der Waals surface area contributed by atoms with Crippen LogP contribution in [-0.4, -0.2) is 35.9 Å². The highest BCUT2D eigenvalue weighted by Gasteiger charge is 2.39. The minimum atomic E-state index is -0.773. The van der Waals surface area contributed by atoms with Crippen LogP contribution in [0.3, 0.4) is 0 Å². The van der Waals surface area contributed by atoms with Crippen molar-refractivity contribution in [1.29, 1.82) is 0 Å². The lowest BCUT2D eigenvalue weighted by Gasteiger charge is -2.32. The SMILES string of the molecule is CC1OCCC1(C)NCC(C)(C)C(=O)O. The molecule has 0 bridgehead atoms. The summed E-state index contributed by atoms with van der Waals surface area (Å²) >= 11 is 0. The van der Waals surface area contributed by atoms with Gasteiger partial charge in [0.2, 0.25) is 0 Å². The lowest BCUT2D eigenvalue weighted by molar-refractivity contribution is -0.146. The predicted octanol–water partition coefficient (Wildman–Crippen LogP) is 1.25. The topological polar surface area (TPSA) is 58.6 Å². The van der Waals surface area contributed by atoms with Crippen LogP contribution in [-0.2, 0) is 9.53 Å². The summed E-state index contributed by atoms with van der Waals surface area (Å²) in [4.78, 5) is 10.9. The first-order valence-corrected chi connectivity index (χ1v) is 5.38. The van der Waals surface area contributed by atoms with E-state index in [0.717, 1.165) is 13.0 Å². The van der Waals surface area contributed by atoms with E-state index in [9.17, 15) is 4.79 Å². The van der Waals surface area contributed by atoms with Gasteiger partial charge in [0.15, 0.2) is 0 Å². The second kappa shape index (κ2) is 4.10. The van der Waals surface area contributed by atoms with Gasteiger partial charge in [-0.25, -0.2) is 0 Å². The number of carboxylic acids is 1. The minimum absolute atomic E-state index is 0.0906. The van der Waals surface area contributed by atoms with Gasteiger partial charge in [0.25, 0.3) is 0 Å². The fourth-order valence-corrected chi connectivity index (χ4v) is 1.57. The van der Waals surface area contributed by atoms with Crippen LogP contribution in [0.2, 0.25) is 0 Å². The number of carboxylic acid groups (broad SMARTS) is 1. The largest absolute Gasteiger partial charge is 0.481 e. The monoisotopic (exact) mass is 215 g/mol. The van der Waals surface area contributed by atoms with E-state index in [1.165, 1.54) is 0 Å². The third-order valence-electron chi connectivity index (χ3n) is 3.40. The van der Waals surface area contributed by atoms with Crippen molar-refractivity contribution in [3.63, 3.8) is 0 Å². The van der Waals surface area contributed by atoms with E-state index in [0.29, 0.717) is 6.54 Å². The van der Waals surface area contributed by atoms with Crippen LogP contribution in [0.4, 0.5) is 0 Å². The Bertz CT molecular complexity index is 252. The van der Waals surface area contributed by atoms with Crippen LogP contribution >= 0.6 is 0 Å². The predicted molar refractivity (Wildman–Crippen MR) is 57.9 cm³/mol. The maximum absolute atomic E-state index is 10.9. The summed E-state index contributed by atoms with van der Waals surface area (Å²) in [5.74, 6) is -0.773. The average Bonchev–Trinajstić information content (AvgIpc) is 2.45. The number of hydrogen-bond donors (Lipinski definition) is 2. The fraction of sp³-hybridized carbons (Fsp3) is 0.909. The van der Waals surface area contributed by atoms with Crippen LogP contribution in [0, 0.1) is 5.41 Å². The highest BCUT2D eigenvalue weighted by atomic mass is 16.5. The summed E-state index contributed by atoms with van der Waals surface area (Å²) in [6.07, 6.45) is 1.08. The molecule has 0 aliphatic carbocycles. The normalized spacial score (nSPS) is 31.9. The van der Waals surface area contributed by atoms with Crippen molar-refractivity contribution in [2.45, 2.75) is 45.8 Å². The second-order valence-corrected chi connectivity index (χ2v) is 5.22. The molecule has 15 heavy (non-hydrogen) atoms. The molecule has 1 aliphatic heterocycles. The van der Waals surface area contributed by atoms with Crippen LogP contribution < -0.4 is 5.32 Å². The Balaban J connectivity index is 2.53. The molecule has 1 rings (SSSR count). The average molecular weight is 215 g/mol. The molecular formula is C11H21NO3. The summed E-state index contributed by atoms with van der Waals surface area (Å²) in [6, 6.07) is 0. The van der Waals surface area contributed by atoms with Gasteiger partial charge in [-0.05, 0) is 34.1 Å². The zero-order chi connectivity index (χ0) is 11.7. The lowest BCUT2D eigenvalue weighted by atomic mass is 9.89. The van der Waals surface area contributed by atoms with E-state index in [2.05, 4.69) is 12.2 Å². The summed E-state index contributed by atoms with van der Waals surface area (Å²) in [5, 5.41) is 12.3.